The Bertz CT molecular complexity index is 1180. The van der Waals surface area contributed by atoms with Crippen molar-refractivity contribution in [2.75, 3.05) is 5.75 Å². The van der Waals surface area contributed by atoms with Crippen molar-refractivity contribution >= 4 is 11.8 Å². The first-order valence-corrected chi connectivity index (χ1v) is 10.6. The molecular formula is C23H20FN3OS. The molecule has 0 fully saturated rings. The summed E-state index contributed by atoms with van der Waals surface area (Å²) in [6.07, 6.45) is 0.849. The zero-order valence-corrected chi connectivity index (χ0v) is 17.1. The molecule has 0 bridgehead atoms. The molecule has 1 aliphatic heterocycles. The summed E-state index contributed by atoms with van der Waals surface area (Å²) in [5.74, 6) is 0.787. The predicted molar refractivity (Wildman–Crippen MR) is 113 cm³/mol. The van der Waals surface area contributed by atoms with E-state index < -0.39 is 11.4 Å². The predicted octanol–water partition coefficient (Wildman–Crippen LogP) is 5.21. The first kappa shape index (κ1) is 19.4. The van der Waals surface area contributed by atoms with E-state index in [4.69, 9.17) is 0 Å². The zero-order valence-electron chi connectivity index (χ0n) is 16.3. The van der Waals surface area contributed by atoms with Crippen LogP contribution in [-0.2, 0) is 6.54 Å². The number of hydrogen-bond acceptors (Lipinski definition) is 4. The van der Waals surface area contributed by atoms with Crippen molar-refractivity contribution in [2.24, 2.45) is 0 Å². The van der Waals surface area contributed by atoms with E-state index in [0.29, 0.717) is 17.6 Å². The standard InChI is InChI=1S/C23H20FN3OS/c1-14(2)15-4-6-16(7-5-15)17-8-9-18(20(24)12-17)21-19(13-25)22(28)27-10-3-11-29-23(27)26-21/h4-9,12,14H,3,10-11H2,1-2H3. The van der Waals surface area contributed by atoms with Crippen LogP contribution in [0.1, 0.15) is 37.3 Å². The molecule has 29 heavy (non-hydrogen) atoms. The molecule has 4 nitrogen and oxygen atoms in total. The lowest BCUT2D eigenvalue weighted by Gasteiger charge is -2.18. The number of hydrogen-bond donors (Lipinski definition) is 0. The van der Waals surface area contributed by atoms with Crippen molar-refractivity contribution in [1.82, 2.24) is 9.55 Å². The topological polar surface area (TPSA) is 58.7 Å². The van der Waals surface area contributed by atoms with Gasteiger partial charge in [-0.1, -0.05) is 55.9 Å². The normalized spacial score (nSPS) is 13.2. The molecule has 1 aliphatic rings. The number of benzene rings is 2. The first-order valence-electron chi connectivity index (χ1n) is 9.57. The minimum atomic E-state index is -0.496. The molecular weight excluding hydrogens is 385 g/mol. The first-order chi connectivity index (χ1) is 14.0. The minimum Gasteiger partial charge on any atom is -0.286 e. The summed E-state index contributed by atoms with van der Waals surface area (Å²) in [5.41, 5.74) is 2.67. The summed E-state index contributed by atoms with van der Waals surface area (Å²) in [6, 6.07) is 14.8. The summed E-state index contributed by atoms with van der Waals surface area (Å²) >= 11 is 1.46. The van der Waals surface area contributed by atoms with Crippen LogP contribution in [-0.4, -0.2) is 15.3 Å². The van der Waals surface area contributed by atoms with Crippen LogP contribution in [0.3, 0.4) is 0 Å². The molecule has 0 unspecified atom stereocenters. The minimum absolute atomic E-state index is 0.107. The number of aromatic nitrogens is 2. The molecule has 4 rings (SSSR count). The molecule has 0 radical (unpaired) electrons. The fourth-order valence-electron chi connectivity index (χ4n) is 3.47. The van der Waals surface area contributed by atoms with Gasteiger partial charge >= 0.3 is 0 Å². The number of nitrogens with zero attached hydrogens (tertiary/aromatic N) is 3. The largest absolute Gasteiger partial charge is 0.286 e. The Labute approximate surface area is 173 Å². The number of nitriles is 1. The zero-order chi connectivity index (χ0) is 20.5. The van der Waals surface area contributed by atoms with E-state index in [1.54, 1.807) is 12.1 Å². The van der Waals surface area contributed by atoms with Gasteiger partial charge in [0.1, 0.15) is 17.4 Å². The highest BCUT2D eigenvalue weighted by Gasteiger charge is 2.22. The Morgan fingerprint density at radius 1 is 1.17 bits per heavy atom. The molecule has 2 heterocycles. The maximum Gasteiger partial charge on any atom is 0.272 e. The third-order valence-corrected chi connectivity index (χ3v) is 6.20. The lowest BCUT2D eigenvalue weighted by Crippen LogP contribution is -2.29. The summed E-state index contributed by atoms with van der Waals surface area (Å²) in [7, 11) is 0. The molecule has 0 amide bonds. The summed E-state index contributed by atoms with van der Waals surface area (Å²) < 4.78 is 16.6. The third-order valence-electron chi connectivity index (χ3n) is 5.14. The van der Waals surface area contributed by atoms with Crippen LogP contribution in [0, 0.1) is 17.1 Å². The van der Waals surface area contributed by atoms with Crippen LogP contribution in [0.15, 0.2) is 52.4 Å². The van der Waals surface area contributed by atoms with Crippen LogP contribution >= 0.6 is 11.8 Å². The lowest BCUT2D eigenvalue weighted by molar-refractivity contribution is 0.561. The molecule has 3 aromatic rings. The Morgan fingerprint density at radius 2 is 1.90 bits per heavy atom. The van der Waals surface area contributed by atoms with Gasteiger partial charge in [-0.2, -0.15) is 5.26 Å². The van der Waals surface area contributed by atoms with Crippen molar-refractivity contribution < 1.29 is 4.39 Å². The van der Waals surface area contributed by atoms with Gasteiger partial charge in [-0.25, -0.2) is 9.37 Å². The van der Waals surface area contributed by atoms with Crippen LogP contribution in [0.25, 0.3) is 22.4 Å². The van der Waals surface area contributed by atoms with Crippen LogP contribution in [0.5, 0.6) is 0 Å². The third kappa shape index (κ3) is 3.58. The van der Waals surface area contributed by atoms with E-state index in [-0.39, 0.29) is 16.8 Å². The molecule has 0 saturated heterocycles. The van der Waals surface area contributed by atoms with Gasteiger partial charge in [0.25, 0.3) is 5.56 Å². The van der Waals surface area contributed by atoms with E-state index in [1.165, 1.54) is 28.0 Å². The van der Waals surface area contributed by atoms with E-state index in [1.807, 2.05) is 30.3 Å². The van der Waals surface area contributed by atoms with Crippen molar-refractivity contribution in [3.05, 3.63) is 69.8 Å². The van der Waals surface area contributed by atoms with Crippen molar-refractivity contribution in [3.63, 3.8) is 0 Å². The molecule has 2 aromatic carbocycles. The summed E-state index contributed by atoms with van der Waals surface area (Å²) in [5, 5.41) is 10.1. The van der Waals surface area contributed by atoms with E-state index >= 15 is 4.39 Å². The van der Waals surface area contributed by atoms with Gasteiger partial charge in [0.15, 0.2) is 5.16 Å². The van der Waals surface area contributed by atoms with E-state index in [9.17, 15) is 10.1 Å². The SMILES string of the molecule is CC(C)c1ccc(-c2ccc(-c3nc4n(c(=O)c3C#N)CCCS4)c(F)c2)cc1. The molecule has 6 heteroatoms. The van der Waals surface area contributed by atoms with Gasteiger partial charge in [0.05, 0.1) is 5.69 Å². The smallest absolute Gasteiger partial charge is 0.272 e. The van der Waals surface area contributed by atoms with Gasteiger partial charge in [-0.05, 0) is 41.2 Å². The maximum absolute atomic E-state index is 15.0. The van der Waals surface area contributed by atoms with Crippen molar-refractivity contribution in [3.8, 4) is 28.5 Å². The quantitative estimate of drug-likeness (QED) is 0.562. The second kappa shape index (κ2) is 7.84. The van der Waals surface area contributed by atoms with Crippen LogP contribution in [0.4, 0.5) is 4.39 Å². The molecule has 0 aliphatic carbocycles. The van der Waals surface area contributed by atoms with Gasteiger partial charge < -0.3 is 0 Å². The molecule has 0 spiro atoms. The lowest BCUT2D eigenvalue weighted by atomic mass is 9.97. The van der Waals surface area contributed by atoms with Crippen molar-refractivity contribution in [1.29, 1.82) is 5.26 Å². The van der Waals surface area contributed by atoms with E-state index in [0.717, 1.165) is 23.3 Å². The average Bonchev–Trinajstić information content (AvgIpc) is 2.74. The Balaban J connectivity index is 1.78. The monoisotopic (exact) mass is 405 g/mol. The maximum atomic E-state index is 15.0. The van der Waals surface area contributed by atoms with Gasteiger partial charge in [-0.3, -0.25) is 9.36 Å². The number of rotatable bonds is 3. The van der Waals surface area contributed by atoms with E-state index in [2.05, 4.69) is 18.8 Å². The Kier molecular flexibility index (Phi) is 5.25. The average molecular weight is 405 g/mol. The fraction of sp³-hybridized carbons (Fsp3) is 0.261. The van der Waals surface area contributed by atoms with Crippen LogP contribution < -0.4 is 5.56 Å². The Morgan fingerprint density at radius 3 is 2.55 bits per heavy atom. The number of halogens is 1. The number of thioether (sulfide) groups is 1. The Hall–Kier alpha value is -2.91. The molecule has 146 valence electrons. The van der Waals surface area contributed by atoms with Gasteiger partial charge in [0.2, 0.25) is 0 Å². The highest BCUT2D eigenvalue weighted by Crippen LogP contribution is 2.31. The van der Waals surface area contributed by atoms with Crippen molar-refractivity contribution in [2.45, 2.75) is 37.9 Å². The molecule has 0 N–H and O–H groups in total. The summed E-state index contributed by atoms with van der Waals surface area (Å²) in [4.78, 5) is 17.2. The highest BCUT2D eigenvalue weighted by molar-refractivity contribution is 7.99. The van der Waals surface area contributed by atoms with Crippen LogP contribution in [0.2, 0.25) is 0 Å². The molecule has 0 atom stereocenters. The number of fused-ring (bicyclic) bond motifs is 1. The van der Waals surface area contributed by atoms with Gasteiger partial charge in [-0.15, -0.1) is 0 Å². The fourth-order valence-corrected chi connectivity index (χ4v) is 4.41. The second-order valence-electron chi connectivity index (χ2n) is 7.36. The summed E-state index contributed by atoms with van der Waals surface area (Å²) in [6.45, 7) is 4.79. The highest BCUT2D eigenvalue weighted by atomic mass is 32.2. The molecule has 1 aromatic heterocycles. The molecule has 0 saturated carbocycles. The van der Waals surface area contributed by atoms with Gasteiger partial charge in [0, 0.05) is 17.9 Å². The second-order valence-corrected chi connectivity index (χ2v) is 8.42.